The number of nitrogens with zero attached hydrogens (tertiary/aromatic N) is 1. The molecule has 1 aliphatic carbocycles. The zero-order valence-electron chi connectivity index (χ0n) is 13.0. The molecule has 0 radical (unpaired) electrons. The lowest BCUT2D eigenvalue weighted by molar-refractivity contribution is 0.0978. The highest BCUT2D eigenvalue weighted by Gasteiger charge is 2.21. The number of amides is 1. The van der Waals surface area contributed by atoms with Crippen LogP contribution in [0.2, 0.25) is 10.0 Å². The van der Waals surface area contributed by atoms with Crippen molar-refractivity contribution < 1.29 is 4.79 Å². The van der Waals surface area contributed by atoms with Crippen LogP contribution in [0.1, 0.15) is 39.2 Å². The average molecular weight is 410 g/mol. The molecule has 25 heavy (non-hydrogen) atoms. The first kappa shape index (κ1) is 18.2. The maximum absolute atomic E-state index is 12.3. The molecule has 0 fully saturated rings. The molecular formula is C17H13Cl2N3OS2. The summed E-state index contributed by atoms with van der Waals surface area (Å²) in [7, 11) is 0. The highest BCUT2D eigenvalue weighted by atomic mass is 35.5. The molecule has 2 N–H and O–H groups in total. The van der Waals surface area contributed by atoms with Gasteiger partial charge in [-0.25, -0.2) is 0 Å². The first-order chi connectivity index (χ1) is 12.0. The van der Waals surface area contributed by atoms with Crippen molar-refractivity contribution in [3.63, 3.8) is 0 Å². The molecule has 1 aromatic heterocycles. The minimum absolute atomic E-state index is 0.145. The number of nitrogens with one attached hydrogen (secondary N) is 2. The maximum Gasteiger partial charge on any atom is 0.257 e. The molecule has 1 heterocycles. The number of carbonyl (C=O) groups excluding carboxylic acids is 1. The predicted molar refractivity (Wildman–Crippen MR) is 106 cm³/mol. The Kier molecular flexibility index (Phi) is 5.60. The number of carbonyl (C=O) groups is 1. The van der Waals surface area contributed by atoms with Crippen molar-refractivity contribution in [3.05, 3.63) is 49.8 Å². The Hall–Kier alpha value is -1.65. The van der Waals surface area contributed by atoms with Crippen LogP contribution in [0, 0.1) is 11.3 Å². The van der Waals surface area contributed by atoms with Gasteiger partial charge in [0.05, 0.1) is 15.6 Å². The summed E-state index contributed by atoms with van der Waals surface area (Å²) >= 11 is 18.5. The highest BCUT2D eigenvalue weighted by Crippen LogP contribution is 2.37. The second-order valence-corrected chi connectivity index (χ2v) is 7.89. The van der Waals surface area contributed by atoms with E-state index in [1.54, 1.807) is 12.1 Å². The summed E-state index contributed by atoms with van der Waals surface area (Å²) in [6.45, 7) is 0. The quantitative estimate of drug-likeness (QED) is 0.689. The van der Waals surface area contributed by atoms with E-state index >= 15 is 0 Å². The fourth-order valence-corrected chi connectivity index (χ4v) is 4.52. The number of aryl methyl sites for hydroxylation is 1. The summed E-state index contributed by atoms with van der Waals surface area (Å²) in [6, 6.07) is 6.85. The Bertz CT molecular complexity index is 902. The Labute approximate surface area is 164 Å². The number of thiophene rings is 1. The monoisotopic (exact) mass is 409 g/mol. The minimum atomic E-state index is -0.393. The van der Waals surface area contributed by atoms with Crippen molar-refractivity contribution in [2.24, 2.45) is 0 Å². The van der Waals surface area contributed by atoms with Crippen molar-refractivity contribution in [2.75, 3.05) is 5.32 Å². The molecule has 2 aromatic rings. The van der Waals surface area contributed by atoms with Crippen LogP contribution in [0.4, 0.5) is 5.00 Å². The van der Waals surface area contributed by atoms with Gasteiger partial charge in [0.2, 0.25) is 0 Å². The summed E-state index contributed by atoms with van der Waals surface area (Å²) in [5, 5.41) is 16.5. The van der Waals surface area contributed by atoms with Gasteiger partial charge >= 0.3 is 0 Å². The van der Waals surface area contributed by atoms with Crippen molar-refractivity contribution in [2.45, 2.75) is 25.7 Å². The van der Waals surface area contributed by atoms with E-state index in [0.29, 0.717) is 26.2 Å². The second kappa shape index (κ2) is 7.71. The molecule has 1 aliphatic rings. The molecule has 1 amide bonds. The van der Waals surface area contributed by atoms with E-state index < -0.39 is 5.91 Å². The first-order valence-electron chi connectivity index (χ1n) is 7.61. The van der Waals surface area contributed by atoms with Gasteiger partial charge < -0.3 is 5.32 Å². The normalized spacial score (nSPS) is 12.8. The minimum Gasteiger partial charge on any atom is -0.323 e. The molecule has 0 saturated carbocycles. The molecule has 0 saturated heterocycles. The number of fused-ring (bicyclic) bond motifs is 1. The summed E-state index contributed by atoms with van der Waals surface area (Å²) in [5.41, 5.74) is 2.09. The first-order valence-corrected chi connectivity index (χ1v) is 9.59. The lowest BCUT2D eigenvalue weighted by Gasteiger charge is -2.10. The number of rotatable bonds is 2. The van der Waals surface area contributed by atoms with E-state index in [1.165, 1.54) is 22.3 Å². The van der Waals surface area contributed by atoms with Gasteiger partial charge in [0, 0.05) is 10.4 Å². The number of halogens is 2. The van der Waals surface area contributed by atoms with Gasteiger partial charge in [0.15, 0.2) is 5.11 Å². The summed E-state index contributed by atoms with van der Waals surface area (Å²) in [5.74, 6) is -0.393. The van der Waals surface area contributed by atoms with Crippen molar-refractivity contribution in [3.8, 4) is 6.07 Å². The van der Waals surface area contributed by atoms with Crippen LogP contribution in [0.25, 0.3) is 0 Å². The van der Waals surface area contributed by atoms with E-state index in [9.17, 15) is 10.1 Å². The number of thiocarbonyl (C=S) groups is 1. The Morgan fingerprint density at radius 3 is 2.72 bits per heavy atom. The Morgan fingerprint density at radius 1 is 1.24 bits per heavy atom. The van der Waals surface area contributed by atoms with Crippen molar-refractivity contribution in [1.82, 2.24) is 5.32 Å². The fraction of sp³-hybridized carbons (Fsp3) is 0.235. The molecule has 3 rings (SSSR count). The topological polar surface area (TPSA) is 64.9 Å². The molecular weight excluding hydrogens is 397 g/mol. The molecule has 0 aliphatic heterocycles. The maximum atomic E-state index is 12.3. The van der Waals surface area contributed by atoms with Crippen LogP contribution in [0.15, 0.2) is 18.2 Å². The average Bonchev–Trinajstić information content (AvgIpc) is 2.93. The van der Waals surface area contributed by atoms with Crippen LogP contribution >= 0.6 is 46.8 Å². The van der Waals surface area contributed by atoms with Crippen molar-refractivity contribution in [1.29, 1.82) is 5.26 Å². The van der Waals surface area contributed by atoms with Gasteiger partial charge in [-0.2, -0.15) is 5.26 Å². The molecule has 1 aromatic carbocycles. The van der Waals surface area contributed by atoms with Gasteiger partial charge in [-0.1, -0.05) is 23.2 Å². The van der Waals surface area contributed by atoms with Crippen LogP contribution < -0.4 is 10.6 Å². The summed E-state index contributed by atoms with van der Waals surface area (Å²) in [4.78, 5) is 13.5. The third kappa shape index (κ3) is 3.96. The molecule has 0 atom stereocenters. The van der Waals surface area contributed by atoms with E-state index in [2.05, 4.69) is 16.7 Å². The van der Waals surface area contributed by atoms with Crippen LogP contribution in [0.5, 0.6) is 0 Å². The van der Waals surface area contributed by atoms with Gasteiger partial charge in [-0.05, 0) is 61.7 Å². The van der Waals surface area contributed by atoms with E-state index in [0.717, 1.165) is 31.2 Å². The predicted octanol–water partition coefficient (Wildman–Crippen LogP) is 4.93. The molecule has 128 valence electrons. The molecule has 0 spiro atoms. The van der Waals surface area contributed by atoms with Gasteiger partial charge in [0.1, 0.15) is 11.1 Å². The number of benzene rings is 1. The number of anilines is 1. The highest BCUT2D eigenvalue weighted by molar-refractivity contribution is 7.80. The summed E-state index contributed by atoms with van der Waals surface area (Å²) < 4.78 is 0. The zero-order valence-corrected chi connectivity index (χ0v) is 16.1. The summed E-state index contributed by atoms with van der Waals surface area (Å²) in [6.07, 6.45) is 4.13. The molecule has 4 nitrogen and oxygen atoms in total. The largest absolute Gasteiger partial charge is 0.323 e. The van der Waals surface area contributed by atoms with Crippen LogP contribution in [-0.4, -0.2) is 11.0 Å². The fourth-order valence-electron chi connectivity index (χ4n) is 2.72. The van der Waals surface area contributed by atoms with E-state index in [-0.39, 0.29) is 5.11 Å². The third-order valence-electron chi connectivity index (χ3n) is 3.92. The van der Waals surface area contributed by atoms with Crippen LogP contribution in [0.3, 0.4) is 0 Å². The van der Waals surface area contributed by atoms with E-state index in [4.69, 9.17) is 35.4 Å². The van der Waals surface area contributed by atoms with Gasteiger partial charge in [-0.3, -0.25) is 10.1 Å². The number of hydrogen-bond donors (Lipinski definition) is 2. The van der Waals surface area contributed by atoms with Crippen molar-refractivity contribution >= 4 is 62.8 Å². The lowest BCUT2D eigenvalue weighted by Crippen LogP contribution is -2.34. The Morgan fingerprint density at radius 2 is 2.00 bits per heavy atom. The van der Waals surface area contributed by atoms with E-state index in [1.807, 2.05) is 0 Å². The SMILES string of the molecule is N#Cc1c(NC(=S)NC(=O)c2ccc(Cl)c(Cl)c2)sc2c1CCCC2. The number of hydrogen-bond acceptors (Lipinski definition) is 4. The lowest BCUT2D eigenvalue weighted by atomic mass is 9.96. The molecule has 0 unspecified atom stereocenters. The van der Waals surface area contributed by atoms with Gasteiger partial charge in [-0.15, -0.1) is 11.3 Å². The Balaban J connectivity index is 1.72. The molecule has 0 bridgehead atoms. The standard InChI is InChI=1S/C17H13Cl2N3OS2/c18-12-6-5-9(7-13(12)19)15(23)21-17(24)22-16-11(8-20)10-3-1-2-4-14(10)25-16/h5-7H,1-4H2,(H2,21,22,23,24). The smallest absolute Gasteiger partial charge is 0.257 e. The third-order valence-corrected chi connectivity index (χ3v) is 6.07. The molecule has 8 heteroatoms. The van der Waals surface area contributed by atoms with Crippen LogP contribution in [-0.2, 0) is 12.8 Å². The second-order valence-electron chi connectivity index (χ2n) is 5.56. The van der Waals surface area contributed by atoms with Gasteiger partial charge in [0.25, 0.3) is 5.91 Å². The number of nitriles is 1. The zero-order chi connectivity index (χ0) is 18.0.